The van der Waals surface area contributed by atoms with E-state index in [0.29, 0.717) is 0 Å². The maximum absolute atomic E-state index is 5.41. The summed E-state index contributed by atoms with van der Waals surface area (Å²) in [6, 6.07) is 0. The first-order chi connectivity index (χ1) is 6.18. The van der Waals surface area contributed by atoms with Gasteiger partial charge in [-0.25, -0.2) is 0 Å². The van der Waals surface area contributed by atoms with E-state index in [-0.39, 0.29) is 5.41 Å². The van der Waals surface area contributed by atoms with Crippen molar-refractivity contribution >= 4 is 0 Å². The van der Waals surface area contributed by atoms with Crippen molar-refractivity contribution in [2.75, 3.05) is 26.3 Å². The Labute approximate surface area is 82.4 Å². The van der Waals surface area contributed by atoms with E-state index < -0.39 is 0 Å². The van der Waals surface area contributed by atoms with Gasteiger partial charge in [0, 0.05) is 18.6 Å². The molecule has 0 fully saturated rings. The second-order valence-electron chi connectivity index (χ2n) is 3.67. The van der Waals surface area contributed by atoms with Gasteiger partial charge in [0.15, 0.2) is 0 Å². The molecule has 0 saturated heterocycles. The van der Waals surface area contributed by atoms with E-state index in [1.165, 1.54) is 6.42 Å². The molecule has 0 radical (unpaired) electrons. The van der Waals surface area contributed by atoms with Crippen LogP contribution in [0.1, 0.15) is 27.2 Å². The Morgan fingerprint density at radius 1 is 1.46 bits per heavy atom. The topological polar surface area (TPSA) is 21.3 Å². The van der Waals surface area contributed by atoms with Crippen molar-refractivity contribution in [2.45, 2.75) is 27.2 Å². The maximum atomic E-state index is 5.41. The van der Waals surface area contributed by atoms with Crippen molar-refractivity contribution in [2.24, 2.45) is 5.41 Å². The van der Waals surface area contributed by atoms with E-state index in [0.717, 1.165) is 26.3 Å². The second kappa shape index (κ2) is 7.10. The molecule has 0 rings (SSSR count). The zero-order valence-corrected chi connectivity index (χ0v) is 9.23. The molecule has 0 aromatic rings. The molecular formula is C11H23NO. The van der Waals surface area contributed by atoms with Crippen molar-refractivity contribution in [3.8, 4) is 0 Å². The summed E-state index contributed by atoms with van der Waals surface area (Å²) in [7, 11) is 0. The highest BCUT2D eigenvalue weighted by Gasteiger charge is 2.19. The Morgan fingerprint density at radius 3 is 2.62 bits per heavy atom. The van der Waals surface area contributed by atoms with Gasteiger partial charge in [-0.2, -0.15) is 0 Å². The van der Waals surface area contributed by atoms with Crippen LogP contribution in [0.2, 0.25) is 0 Å². The number of nitrogens with one attached hydrogen (secondary N) is 1. The summed E-state index contributed by atoms with van der Waals surface area (Å²) in [4.78, 5) is 0. The van der Waals surface area contributed by atoms with Crippen molar-refractivity contribution in [3.63, 3.8) is 0 Å². The van der Waals surface area contributed by atoms with E-state index in [9.17, 15) is 0 Å². The van der Waals surface area contributed by atoms with Crippen LogP contribution in [0.3, 0.4) is 0 Å². The molecule has 0 heterocycles. The van der Waals surface area contributed by atoms with Crippen LogP contribution in [0.15, 0.2) is 12.7 Å². The summed E-state index contributed by atoms with van der Waals surface area (Å²) in [5.41, 5.74) is 0.0746. The van der Waals surface area contributed by atoms with Crippen LogP contribution in [-0.4, -0.2) is 26.3 Å². The third-order valence-corrected chi connectivity index (χ3v) is 2.08. The normalized spacial score (nSPS) is 15.3. The van der Waals surface area contributed by atoms with Crippen LogP contribution in [0.4, 0.5) is 0 Å². The Hall–Kier alpha value is -0.340. The zero-order valence-electron chi connectivity index (χ0n) is 9.23. The first-order valence-electron chi connectivity index (χ1n) is 5.10. The van der Waals surface area contributed by atoms with E-state index in [4.69, 9.17) is 4.74 Å². The fourth-order valence-electron chi connectivity index (χ4n) is 1.07. The van der Waals surface area contributed by atoms with Gasteiger partial charge in [0.05, 0.1) is 6.61 Å². The summed E-state index contributed by atoms with van der Waals surface area (Å²) in [5.74, 6) is 0. The molecule has 0 saturated carbocycles. The summed E-state index contributed by atoms with van der Waals surface area (Å²) in [6.45, 7) is 13.7. The molecular weight excluding hydrogens is 162 g/mol. The monoisotopic (exact) mass is 185 g/mol. The average Bonchev–Trinajstić information content (AvgIpc) is 2.15. The molecule has 1 unspecified atom stereocenters. The lowest BCUT2D eigenvalue weighted by Gasteiger charge is -2.25. The van der Waals surface area contributed by atoms with Gasteiger partial charge in [-0.15, -0.1) is 6.58 Å². The van der Waals surface area contributed by atoms with Crippen LogP contribution in [0.25, 0.3) is 0 Å². The largest absolute Gasteiger partial charge is 0.381 e. The molecule has 13 heavy (non-hydrogen) atoms. The predicted octanol–water partition coefficient (Wildman–Crippen LogP) is 2.21. The van der Waals surface area contributed by atoms with E-state index in [1.807, 2.05) is 13.0 Å². The maximum Gasteiger partial charge on any atom is 0.0566 e. The highest BCUT2D eigenvalue weighted by atomic mass is 16.5. The quantitative estimate of drug-likeness (QED) is 0.462. The van der Waals surface area contributed by atoms with Gasteiger partial charge in [-0.3, -0.25) is 0 Å². The van der Waals surface area contributed by atoms with Crippen molar-refractivity contribution in [1.29, 1.82) is 0 Å². The highest BCUT2D eigenvalue weighted by Crippen LogP contribution is 2.16. The molecule has 1 N–H and O–H groups in total. The minimum absolute atomic E-state index is 0.0746. The Balaban J connectivity index is 3.74. The van der Waals surface area contributed by atoms with Gasteiger partial charge in [0.2, 0.25) is 0 Å². The van der Waals surface area contributed by atoms with Crippen LogP contribution < -0.4 is 5.32 Å². The Bertz CT molecular complexity index is 136. The van der Waals surface area contributed by atoms with Gasteiger partial charge in [-0.1, -0.05) is 19.9 Å². The zero-order chi connectivity index (χ0) is 10.2. The molecule has 0 amide bonds. The van der Waals surface area contributed by atoms with Crippen LogP contribution in [-0.2, 0) is 4.74 Å². The molecule has 0 spiro atoms. The molecule has 0 aliphatic heterocycles. The summed E-state index contributed by atoms with van der Waals surface area (Å²) >= 11 is 0. The fraction of sp³-hybridized carbons (Fsp3) is 0.818. The number of rotatable bonds is 8. The molecule has 2 nitrogen and oxygen atoms in total. The summed E-state index contributed by atoms with van der Waals surface area (Å²) in [5, 5.41) is 3.38. The van der Waals surface area contributed by atoms with Gasteiger partial charge < -0.3 is 10.1 Å². The summed E-state index contributed by atoms with van der Waals surface area (Å²) < 4.78 is 5.41. The van der Waals surface area contributed by atoms with E-state index in [2.05, 4.69) is 25.7 Å². The first-order valence-corrected chi connectivity index (χ1v) is 5.10. The third kappa shape index (κ3) is 5.83. The lowest BCUT2D eigenvalue weighted by molar-refractivity contribution is 0.0851. The van der Waals surface area contributed by atoms with Crippen molar-refractivity contribution in [3.05, 3.63) is 12.7 Å². The Kier molecular flexibility index (Phi) is 6.92. The van der Waals surface area contributed by atoms with Crippen LogP contribution >= 0.6 is 0 Å². The molecule has 2 heteroatoms. The van der Waals surface area contributed by atoms with Gasteiger partial charge in [-0.05, 0) is 19.9 Å². The standard InChI is InChI=1S/C11H23NO/c1-5-8-12-9-11(4,6-2)10-13-7-3/h6,12H,2,5,7-10H2,1,3-4H3. The smallest absolute Gasteiger partial charge is 0.0566 e. The molecule has 0 aromatic heterocycles. The van der Waals surface area contributed by atoms with E-state index in [1.54, 1.807) is 0 Å². The van der Waals surface area contributed by atoms with Crippen molar-refractivity contribution in [1.82, 2.24) is 5.32 Å². The van der Waals surface area contributed by atoms with Crippen molar-refractivity contribution < 1.29 is 4.74 Å². The van der Waals surface area contributed by atoms with Gasteiger partial charge in [0.25, 0.3) is 0 Å². The lowest BCUT2D eigenvalue weighted by atomic mass is 9.92. The Morgan fingerprint density at radius 2 is 2.15 bits per heavy atom. The van der Waals surface area contributed by atoms with Gasteiger partial charge in [0.1, 0.15) is 0 Å². The number of hydrogen-bond donors (Lipinski definition) is 1. The SMILES string of the molecule is C=CC(C)(CNCCC)COCC. The second-order valence-corrected chi connectivity index (χ2v) is 3.67. The molecule has 78 valence electrons. The lowest BCUT2D eigenvalue weighted by Crippen LogP contribution is -2.34. The summed E-state index contributed by atoms with van der Waals surface area (Å²) in [6.07, 6.45) is 3.15. The number of hydrogen-bond acceptors (Lipinski definition) is 2. The molecule has 0 aliphatic rings. The number of ether oxygens (including phenoxy) is 1. The van der Waals surface area contributed by atoms with Crippen LogP contribution in [0, 0.1) is 5.41 Å². The predicted molar refractivity (Wildman–Crippen MR) is 58.0 cm³/mol. The minimum atomic E-state index is 0.0746. The minimum Gasteiger partial charge on any atom is -0.381 e. The molecule has 1 atom stereocenters. The molecule has 0 aliphatic carbocycles. The third-order valence-electron chi connectivity index (χ3n) is 2.08. The first kappa shape index (κ1) is 12.7. The van der Waals surface area contributed by atoms with Gasteiger partial charge >= 0.3 is 0 Å². The van der Waals surface area contributed by atoms with E-state index >= 15 is 0 Å². The highest BCUT2D eigenvalue weighted by molar-refractivity contribution is 4.93. The average molecular weight is 185 g/mol. The molecule has 0 aromatic carbocycles. The fourth-order valence-corrected chi connectivity index (χ4v) is 1.07. The molecule has 0 bridgehead atoms. The van der Waals surface area contributed by atoms with Crippen LogP contribution in [0.5, 0.6) is 0 Å².